The number of imidazole rings is 1. The van der Waals surface area contributed by atoms with Crippen molar-refractivity contribution >= 4 is 11.6 Å². The Kier molecular flexibility index (Phi) is 6.39. The molecule has 0 unspecified atom stereocenters. The van der Waals surface area contributed by atoms with Crippen LogP contribution in [0.5, 0.6) is 0 Å². The van der Waals surface area contributed by atoms with Crippen molar-refractivity contribution in [3.05, 3.63) is 35.3 Å². The number of hydrogen-bond acceptors (Lipinski definition) is 6. The second-order valence-corrected chi connectivity index (χ2v) is 10.3. The Morgan fingerprint density at radius 3 is 2.53 bits per heavy atom. The minimum atomic E-state index is -2.94. The molecule has 0 bridgehead atoms. The number of likely N-dealkylation sites (tertiary alicyclic amines) is 1. The van der Waals surface area contributed by atoms with E-state index in [9.17, 15) is 13.6 Å². The van der Waals surface area contributed by atoms with E-state index in [-0.39, 0.29) is 23.3 Å². The summed E-state index contributed by atoms with van der Waals surface area (Å²) in [6.45, 7) is 8.32. The molecule has 0 spiro atoms. The van der Waals surface area contributed by atoms with Gasteiger partial charge in [-0.25, -0.2) is 15.0 Å². The summed E-state index contributed by atoms with van der Waals surface area (Å²) in [6, 6.07) is 0. The molecule has 2 aromatic rings. The van der Waals surface area contributed by atoms with Crippen molar-refractivity contribution in [3.63, 3.8) is 0 Å². The van der Waals surface area contributed by atoms with Crippen molar-refractivity contribution in [1.29, 1.82) is 0 Å². The summed E-state index contributed by atoms with van der Waals surface area (Å²) in [5, 5.41) is 0. The normalized spacial score (nSPS) is 22.4. The molecule has 0 aromatic carbocycles. The molecule has 5 rings (SSSR count). The van der Waals surface area contributed by atoms with Crippen LogP contribution in [0.1, 0.15) is 80.6 Å². The molecule has 0 radical (unpaired) electrons. The quantitative estimate of drug-likeness (QED) is 0.636. The molecule has 34 heavy (non-hydrogen) atoms. The summed E-state index contributed by atoms with van der Waals surface area (Å²) in [7, 11) is 0. The van der Waals surface area contributed by atoms with E-state index in [4.69, 9.17) is 0 Å². The Balaban J connectivity index is 1.32. The molecule has 2 fully saturated rings. The number of rotatable bonds is 6. The fraction of sp³-hybridized carbons (Fsp3) is 0.680. The summed E-state index contributed by atoms with van der Waals surface area (Å²) < 4.78 is 30.2. The van der Waals surface area contributed by atoms with Gasteiger partial charge in [-0.2, -0.15) is 8.78 Å². The lowest BCUT2D eigenvalue weighted by Crippen LogP contribution is -2.36. The molecule has 0 N–H and O–H groups in total. The van der Waals surface area contributed by atoms with Crippen molar-refractivity contribution in [2.75, 3.05) is 37.6 Å². The number of piperidine rings is 1. The lowest BCUT2D eigenvalue weighted by molar-refractivity contribution is -0.119. The lowest BCUT2D eigenvalue weighted by Gasteiger charge is -2.35. The molecular formula is C25H34F2N6O. The Labute approximate surface area is 199 Å². The van der Waals surface area contributed by atoms with Gasteiger partial charge in [0.05, 0.1) is 5.69 Å². The second kappa shape index (κ2) is 9.32. The maximum Gasteiger partial charge on any atom is 0.288 e. The Bertz CT molecular complexity index is 1030. The van der Waals surface area contributed by atoms with E-state index in [1.54, 1.807) is 12.5 Å². The Hall–Kier alpha value is -2.42. The zero-order valence-corrected chi connectivity index (χ0v) is 20.1. The van der Waals surface area contributed by atoms with E-state index in [0.717, 1.165) is 75.4 Å². The first-order valence-corrected chi connectivity index (χ1v) is 12.6. The number of nitrogens with zero attached hydrogens (tertiary/aromatic N) is 6. The van der Waals surface area contributed by atoms with E-state index in [1.165, 1.54) is 12.8 Å². The third kappa shape index (κ3) is 4.72. The molecule has 7 nitrogen and oxygen atoms in total. The standard InChI is InChI=1S/C25H34F2N6O/c1-17-13-19(34)14-20-22(17)24(29-16-28-20)32-9-5-18(6-10-32)23-30-21(25(2,26)27)15-33(23)12-11-31-7-3-4-8-31/h15-18H,3-14H2,1-2H3/t17-/m1/s1. The van der Waals surface area contributed by atoms with Crippen LogP contribution in [-0.2, 0) is 23.7 Å². The zero-order chi connectivity index (χ0) is 23.9. The fourth-order valence-electron chi connectivity index (χ4n) is 5.77. The van der Waals surface area contributed by atoms with Gasteiger partial charge in [-0.05, 0) is 44.7 Å². The monoisotopic (exact) mass is 472 g/mol. The van der Waals surface area contributed by atoms with Gasteiger partial charge in [0.15, 0.2) is 0 Å². The van der Waals surface area contributed by atoms with Crippen LogP contribution in [0.3, 0.4) is 0 Å². The number of anilines is 1. The average molecular weight is 473 g/mol. The van der Waals surface area contributed by atoms with E-state index in [0.29, 0.717) is 19.4 Å². The third-order valence-corrected chi connectivity index (χ3v) is 7.61. The summed E-state index contributed by atoms with van der Waals surface area (Å²) in [5.74, 6) is -0.734. The van der Waals surface area contributed by atoms with Crippen molar-refractivity contribution in [3.8, 4) is 0 Å². The van der Waals surface area contributed by atoms with Crippen LogP contribution in [0.15, 0.2) is 12.5 Å². The van der Waals surface area contributed by atoms with Gasteiger partial charge in [0.1, 0.15) is 29.4 Å². The highest BCUT2D eigenvalue weighted by Crippen LogP contribution is 2.38. The molecule has 1 atom stereocenters. The van der Waals surface area contributed by atoms with Crippen LogP contribution < -0.4 is 4.90 Å². The van der Waals surface area contributed by atoms with Gasteiger partial charge in [0.25, 0.3) is 5.92 Å². The molecular weight excluding hydrogens is 438 g/mol. The maximum absolute atomic E-state index is 14.1. The highest BCUT2D eigenvalue weighted by molar-refractivity contribution is 5.84. The summed E-state index contributed by atoms with van der Waals surface area (Å²) in [5.41, 5.74) is 1.82. The number of aromatic nitrogens is 4. The predicted molar refractivity (Wildman–Crippen MR) is 125 cm³/mol. The van der Waals surface area contributed by atoms with Crippen LogP contribution in [0.2, 0.25) is 0 Å². The topological polar surface area (TPSA) is 67.2 Å². The van der Waals surface area contributed by atoms with Crippen LogP contribution in [0, 0.1) is 0 Å². The first-order valence-electron chi connectivity index (χ1n) is 12.6. The van der Waals surface area contributed by atoms with Gasteiger partial charge in [-0.15, -0.1) is 0 Å². The van der Waals surface area contributed by atoms with E-state index >= 15 is 0 Å². The number of alkyl halides is 2. The molecule has 9 heteroatoms. The smallest absolute Gasteiger partial charge is 0.288 e. The number of Topliss-reactive ketones (excluding diaryl/α,β-unsaturated/α-hetero) is 1. The number of halogens is 2. The van der Waals surface area contributed by atoms with Gasteiger partial charge in [-0.1, -0.05) is 6.92 Å². The number of fused-ring (bicyclic) bond motifs is 1. The van der Waals surface area contributed by atoms with E-state index < -0.39 is 5.92 Å². The van der Waals surface area contributed by atoms with Crippen molar-refractivity contribution in [2.24, 2.45) is 0 Å². The van der Waals surface area contributed by atoms with Gasteiger partial charge < -0.3 is 14.4 Å². The SMILES string of the molecule is C[C@@H]1CC(=O)Cc2ncnc(N3CCC(c4nc(C(C)(F)F)cn4CCN4CCCC4)CC3)c21. The van der Waals surface area contributed by atoms with Gasteiger partial charge in [0.2, 0.25) is 0 Å². The highest BCUT2D eigenvalue weighted by atomic mass is 19.3. The number of carbonyl (C=O) groups is 1. The lowest BCUT2D eigenvalue weighted by atomic mass is 9.85. The molecule has 0 saturated carbocycles. The molecule has 3 aliphatic rings. The molecule has 1 aliphatic carbocycles. The number of ketones is 1. The minimum absolute atomic E-state index is 0.115. The van der Waals surface area contributed by atoms with Gasteiger partial charge in [-0.3, -0.25) is 4.79 Å². The molecule has 2 aliphatic heterocycles. The molecule has 184 valence electrons. The van der Waals surface area contributed by atoms with E-state index in [1.807, 2.05) is 4.57 Å². The number of hydrogen-bond donors (Lipinski definition) is 0. The van der Waals surface area contributed by atoms with Crippen molar-refractivity contribution in [1.82, 2.24) is 24.4 Å². The summed E-state index contributed by atoms with van der Waals surface area (Å²) >= 11 is 0. The van der Waals surface area contributed by atoms with Crippen molar-refractivity contribution < 1.29 is 13.6 Å². The predicted octanol–water partition coefficient (Wildman–Crippen LogP) is 3.88. The van der Waals surface area contributed by atoms with Crippen LogP contribution >= 0.6 is 0 Å². The van der Waals surface area contributed by atoms with Crippen LogP contribution in [0.4, 0.5) is 14.6 Å². The first-order chi connectivity index (χ1) is 16.3. The molecule has 2 aromatic heterocycles. The minimum Gasteiger partial charge on any atom is -0.356 e. The second-order valence-electron chi connectivity index (χ2n) is 10.3. The maximum atomic E-state index is 14.1. The van der Waals surface area contributed by atoms with Gasteiger partial charge in [0, 0.05) is 63.6 Å². The third-order valence-electron chi connectivity index (χ3n) is 7.61. The summed E-state index contributed by atoms with van der Waals surface area (Å²) in [4.78, 5) is 30.1. The van der Waals surface area contributed by atoms with Crippen LogP contribution in [0.25, 0.3) is 0 Å². The molecule has 2 saturated heterocycles. The highest BCUT2D eigenvalue weighted by Gasteiger charge is 2.34. The van der Waals surface area contributed by atoms with E-state index in [2.05, 4.69) is 31.7 Å². The Morgan fingerprint density at radius 1 is 1.09 bits per heavy atom. The molecule has 4 heterocycles. The van der Waals surface area contributed by atoms with Crippen LogP contribution in [-0.4, -0.2) is 62.9 Å². The summed E-state index contributed by atoms with van der Waals surface area (Å²) in [6.07, 6.45) is 8.15. The average Bonchev–Trinajstić information content (AvgIpc) is 3.47. The zero-order valence-electron chi connectivity index (χ0n) is 20.1. The first kappa shape index (κ1) is 23.3. The Morgan fingerprint density at radius 2 is 1.82 bits per heavy atom. The molecule has 0 amide bonds. The number of carbonyl (C=O) groups excluding carboxylic acids is 1. The van der Waals surface area contributed by atoms with Gasteiger partial charge >= 0.3 is 0 Å². The largest absolute Gasteiger partial charge is 0.356 e. The fourth-order valence-corrected chi connectivity index (χ4v) is 5.77. The van der Waals surface area contributed by atoms with Crippen molar-refractivity contribution in [2.45, 2.75) is 76.7 Å².